The van der Waals surface area contributed by atoms with E-state index < -0.39 is 0 Å². The highest BCUT2D eigenvalue weighted by Gasteiger charge is 1.95. The van der Waals surface area contributed by atoms with Gasteiger partial charge in [0.2, 0.25) is 0 Å². The molecule has 0 saturated carbocycles. The van der Waals surface area contributed by atoms with Crippen molar-refractivity contribution in [3.05, 3.63) is 45.4 Å². The lowest BCUT2D eigenvalue weighted by molar-refractivity contribution is 1.26. The molecular formula is C9H7Br2. The number of halogens is 2. The van der Waals surface area contributed by atoms with Crippen molar-refractivity contribution in [3.63, 3.8) is 0 Å². The van der Waals surface area contributed by atoms with Gasteiger partial charge in [-0.1, -0.05) is 37.9 Å². The van der Waals surface area contributed by atoms with Crippen LogP contribution in [0.2, 0.25) is 0 Å². The minimum absolute atomic E-state index is 0.895. The lowest BCUT2D eigenvalue weighted by Gasteiger charge is -1.98. The van der Waals surface area contributed by atoms with Gasteiger partial charge < -0.3 is 0 Å². The summed E-state index contributed by atoms with van der Waals surface area (Å²) in [6.07, 6.45) is 2.78. The van der Waals surface area contributed by atoms with E-state index in [4.69, 9.17) is 0 Å². The molecule has 0 bridgehead atoms. The highest BCUT2D eigenvalue weighted by atomic mass is 79.9. The van der Waals surface area contributed by atoms with E-state index in [9.17, 15) is 0 Å². The minimum Gasteiger partial charge on any atom is -0.103 e. The summed E-state index contributed by atoms with van der Waals surface area (Å²) in [5, 5.41) is 0. The normalized spacial score (nSPS) is 9.64. The van der Waals surface area contributed by atoms with E-state index in [1.54, 1.807) is 0 Å². The van der Waals surface area contributed by atoms with Crippen molar-refractivity contribution in [2.45, 2.75) is 6.42 Å². The van der Waals surface area contributed by atoms with Gasteiger partial charge in [-0.2, -0.15) is 0 Å². The van der Waals surface area contributed by atoms with Crippen molar-refractivity contribution in [1.29, 1.82) is 0 Å². The summed E-state index contributed by atoms with van der Waals surface area (Å²) in [6, 6.07) is 7.14. The van der Waals surface area contributed by atoms with Crippen LogP contribution in [0.1, 0.15) is 5.56 Å². The molecule has 1 aromatic carbocycles. The number of benzene rings is 1. The maximum Gasteiger partial charge on any atom is 0.0268 e. The molecule has 11 heavy (non-hydrogen) atoms. The van der Waals surface area contributed by atoms with Gasteiger partial charge in [0.15, 0.2) is 0 Å². The molecule has 0 unspecified atom stereocenters. The number of hydrogen-bond donors (Lipinski definition) is 0. The van der Waals surface area contributed by atoms with Gasteiger partial charge in [0.05, 0.1) is 0 Å². The first-order chi connectivity index (χ1) is 5.22. The molecule has 1 rings (SSSR count). The predicted octanol–water partition coefficient (Wildman–Crippen LogP) is 3.74. The molecule has 0 aliphatic carbocycles. The van der Waals surface area contributed by atoms with Crippen LogP contribution in [-0.2, 0) is 6.42 Å². The van der Waals surface area contributed by atoms with Crippen LogP contribution in [0.4, 0.5) is 0 Å². The Morgan fingerprint density at radius 2 is 1.91 bits per heavy atom. The summed E-state index contributed by atoms with van der Waals surface area (Å²) < 4.78 is 1.95. The average molecular weight is 275 g/mol. The fraction of sp³-hybridized carbons (Fsp3) is 0.111. The van der Waals surface area contributed by atoms with Crippen LogP contribution >= 0.6 is 31.9 Å². The smallest absolute Gasteiger partial charge is 0.0268 e. The van der Waals surface area contributed by atoms with Gasteiger partial charge in [-0.05, 0) is 24.1 Å². The summed E-state index contributed by atoms with van der Waals surface area (Å²) in [7, 11) is 0. The molecule has 1 radical (unpaired) electrons. The van der Waals surface area contributed by atoms with Gasteiger partial charge in [0.25, 0.3) is 0 Å². The van der Waals surface area contributed by atoms with Gasteiger partial charge >= 0.3 is 0 Å². The van der Waals surface area contributed by atoms with Gasteiger partial charge in [-0.15, -0.1) is 6.58 Å². The topological polar surface area (TPSA) is 0 Å². The van der Waals surface area contributed by atoms with E-state index in [0.717, 1.165) is 15.4 Å². The fourth-order valence-corrected chi connectivity index (χ4v) is 2.12. The monoisotopic (exact) mass is 273 g/mol. The fourth-order valence-electron chi connectivity index (χ4n) is 0.838. The summed E-state index contributed by atoms with van der Waals surface area (Å²) in [6.45, 7) is 3.67. The van der Waals surface area contributed by atoms with E-state index in [0.29, 0.717) is 0 Å². The Balaban J connectivity index is 2.98. The number of allylic oxidation sites excluding steroid dienone is 1. The predicted molar refractivity (Wildman–Crippen MR) is 54.6 cm³/mol. The third-order valence-corrected chi connectivity index (χ3v) is 2.10. The highest BCUT2D eigenvalue weighted by molar-refractivity contribution is 9.11. The first-order valence-electron chi connectivity index (χ1n) is 3.20. The molecule has 0 aliphatic rings. The second-order valence-corrected chi connectivity index (χ2v) is 3.89. The first-order valence-corrected chi connectivity index (χ1v) is 4.79. The van der Waals surface area contributed by atoms with E-state index in [1.165, 1.54) is 5.56 Å². The van der Waals surface area contributed by atoms with Crippen molar-refractivity contribution < 1.29 is 0 Å². The van der Waals surface area contributed by atoms with Crippen LogP contribution < -0.4 is 0 Å². The Kier molecular flexibility index (Phi) is 3.34. The summed E-state index contributed by atoms with van der Waals surface area (Å²) in [5.41, 5.74) is 1.23. The molecule has 0 saturated heterocycles. The molecule has 0 fully saturated rings. The Morgan fingerprint density at radius 1 is 1.36 bits per heavy atom. The second-order valence-electron chi connectivity index (χ2n) is 2.18. The van der Waals surface area contributed by atoms with Crippen LogP contribution in [0.15, 0.2) is 33.7 Å². The largest absolute Gasteiger partial charge is 0.103 e. The van der Waals surface area contributed by atoms with Gasteiger partial charge in [0, 0.05) is 15.0 Å². The SMILES string of the molecule is C=CCc1cc(Br)[c]c(Br)c1. The Bertz CT molecular complexity index is 246. The summed E-state index contributed by atoms with van der Waals surface area (Å²) in [4.78, 5) is 0. The van der Waals surface area contributed by atoms with E-state index in [2.05, 4.69) is 44.5 Å². The molecule has 0 nitrogen and oxygen atoms in total. The van der Waals surface area contributed by atoms with Crippen LogP contribution in [0, 0.1) is 6.07 Å². The van der Waals surface area contributed by atoms with Crippen molar-refractivity contribution >= 4 is 31.9 Å². The van der Waals surface area contributed by atoms with Crippen LogP contribution in [0.5, 0.6) is 0 Å². The maximum atomic E-state index is 3.67. The molecule has 0 heterocycles. The van der Waals surface area contributed by atoms with Crippen LogP contribution in [-0.4, -0.2) is 0 Å². The summed E-state index contributed by atoms with van der Waals surface area (Å²) in [5.74, 6) is 0. The third-order valence-electron chi connectivity index (χ3n) is 1.24. The van der Waals surface area contributed by atoms with Crippen molar-refractivity contribution in [1.82, 2.24) is 0 Å². The first kappa shape index (κ1) is 9.01. The second kappa shape index (κ2) is 4.07. The molecule has 0 atom stereocenters. The van der Waals surface area contributed by atoms with E-state index in [-0.39, 0.29) is 0 Å². The van der Waals surface area contributed by atoms with E-state index >= 15 is 0 Å². The molecule has 0 spiro atoms. The van der Waals surface area contributed by atoms with Crippen molar-refractivity contribution in [2.75, 3.05) is 0 Å². The Labute approximate surface area is 83.6 Å². The van der Waals surface area contributed by atoms with Gasteiger partial charge in [0.1, 0.15) is 0 Å². The third kappa shape index (κ3) is 2.80. The molecule has 0 N–H and O–H groups in total. The molecule has 0 aromatic heterocycles. The van der Waals surface area contributed by atoms with Crippen molar-refractivity contribution in [3.8, 4) is 0 Å². The minimum atomic E-state index is 0.895. The zero-order valence-corrected chi connectivity index (χ0v) is 9.07. The zero-order chi connectivity index (χ0) is 8.27. The van der Waals surface area contributed by atoms with E-state index in [1.807, 2.05) is 18.2 Å². The quantitative estimate of drug-likeness (QED) is 0.721. The van der Waals surface area contributed by atoms with Gasteiger partial charge in [-0.25, -0.2) is 0 Å². The summed E-state index contributed by atoms with van der Waals surface area (Å²) >= 11 is 6.73. The standard InChI is InChI=1S/C9H7Br2/c1-2-3-7-4-8(10)6-9(11)5-7/h2,4-5H,1,3H2. The molecule has 0 aliphatic heterocycles. The maximum absolute atomic E-state index is 3.67. The lowest BCUT2D eigenvalue weighted by Crippen LogP contribution is -1.80. The Hall–Kier alpha value is -0.0800. The highest BCUT2D eigenvalue weighted by Crippen LogP contribution is 2.19. The lowest BCUT2D eigenvalue weighted by atomic mass is 10.2. The number of rotatable bonds is 2. The molecule has 0 amide bonds. The number of hydrogen-bond acceptors (Lipinski definition) is 0. The molecular weight excluding hydrogens is 268 g/mol. The zero-order valence-electron chi connectivity index (χ0n) is 5.90. The Morgan fingerprint density at radius 3 is 2.36 bits per heavy atom. The van der Waals surface area contributed by atoms with Gasteiger partial charge in [-0.3, -0.25) is 0 Å². The molecule has 57 valence electrons. The van der Waals surface area contributed by atoms with Crippen molar-refractivity contribution in [2.24, 2.45) is 0 Å². The van der Waals surface area contributed by atoms with Crippen LogP contribution in [0.25, 0.3) is 0 Å². The molecule has 2 heteroatoms. The van der Waals surface area contributed by atoms with Crippen LogP contribution in [0.3, 0.4) is 0 Å². The molecule has 1 aromatic rings. The average Bonchev–Trinajstić information content (AvgIpc) is 1.85.